The summed E-state index contributed by atoms with van der Waals surface area (Å²) in [5.41, 5.74) is 2.41. The Morgan fingerprint density at radius 2 is 2.06 bits per heavy atom. The lowest BCUT2D eigenvalue weighted by Crippen LogP contribution is -2.27. The van der Waals surface area contributed by atoms with Crippen molar-refractivity contribution in [2.24, 2.45) is 0 Å². The standard InChI is InChI=1S/C14H21NO3/c1-11-3-5-12(6-4-11)9-15-10-13(16)7-8-14(17)18-2/h3-6,13,15-16H,7-10H2,1-2H3. The van der Waals surface area contributed by atoms with Gasteiger partial charge in [0, 0.05) is 19.5 Å². The minimum atomic E-state index is -0.519. The van der Waals surface area contributed by atoms with Gasteiger partial charge in [-0.2, -0.15) is 0 Å². The molecule has 1 unspecified atom stereocenters. The highest BCUT2D eigenvalue weighted by Gasteiger charge is 2.07. The van der Waals surface area contributed by atoms with Crippen LogP contribution >= 0.6 is 0 Å². The molecule has 1 rings (SSSR count). The summed E-state index contributed by atoms with van der Waals surface area (Å²) in [7, 11) is 1.35. The van der Waals surface area contributed by atoms with Crippen LogP contribution in [0, 0.1) is 6.92 Å². The fraction of sp³-hybridized carbons (Fsp3) is 0.500. The zero-order valence-corrected chi connectivity index (χ0v) is 11.0. The molecule has 0 amide bonds. The summed E-state index contributed by atoms with van der Waals surface area (Å²) >= 11 is 0. The van der Waals surface area contributed by atoms with Gasteiger partial charge in [-0.15, -0.1) is 0 Å². The van der Waals surface area contributed by atoms with Gasteiger partial charge in [0.2, 0.25) is 0 Å². The van der Waals surface area contributed by atoms with E-state index >= 15 is 0 Å². The van der Waals surface area contributed by atoms with Crippen molar-refractivity contribution in [1.29, 1.82) is 0 Å². The van der Waals surface area contributed by atoms with Crippen LogP contribution < -0.4 is 5.32 Å². The molecule has 0 aromatic heterocycles. The van der Waals surface area contributed by atoms with Crippen LogP contribution in [0.2, 0.25) is 0 Å². The molecule has 0 aliphatic carbocycles. The average molecular weight is 251 g/mol. The first-order chi connectivity index (χ1) is 8.61. The predicted molar refractivity (Wildman–Crippen MR) is 70.1 cm³/mol. The first-order valence-electron chi connectivity index (χ1n) is 6.13. The van der Waals surface area contributed by atoms with Crippen molar-refractivity contribution in [2.75, 3.05) is 13.7 Å². The van der Waals surface area contributed by atoms with Crippen LogP contribution in [0.4, 0.5) is 0 Å². The van der Waals surface area contributed by atoms with Gasteiger partial charge in [0.25, 0.3) is 0 Å². The van der Waals surface area contributed by atoms with E-state index in [0.29, 0.717) is 13.0 Å². The number of carbonyl (C=O) groups excluding carboxylic acids is 1. The highest BCUT2D eigenvalue weighted by Crippen LogP contribution is 2.03. The van der Waals surface area contributed by atoms with Gasteiger partial charge < -0.3 is 15.2 Å². The summed E-state index contributed by atoms with van der Waals surface area (Å²) in [5, 5.41) is 12.8. The summed E-state index contributed by atoms with van der Waals surface area (Å²) in [6.07, 6.45) is 0.159. The number of aliphatic hydroxyl groups is 1. The lowest BCUT2D eigenvalue weighted by Gasteiger charge is -2.11. The van der Waals surface area contributed by atoms with E-state index in [1.807, 2.05) is 6.92 Å². The van der Waals surface area contributed by atoms with E-state index in [2.05, 4.69) is 34.3 Å². The number of nitrogens with one attached hydrogen (secondary N) is 1. The molecule has 0 saturated carbocycles. The van der Waals surface area contributed by atoms with Gasteiger partial charge in [0.1, 0.15) is 0 Å². The molecule has 1 atom stereocenters. The Hall–Kier alpha value is -1.39. The molecule has 0 spiro atoms. The zero-order valence-electron chi connectivity index (χ0n) is 11.0. The number of methoxy groups -OCH3 is 1. The van der Waals surface area contributed by atoms with Gasteiger partial charge in [-0.1, -0.05) is 29.8 Å². The Morgan fingerprint density at radius 3 is 2.67 bits per heavy atom. The molecule has 100 valence electrons. The van der Waals surface area contributed by atoms with Crippen LogP contribution in [0.15, 0.2) is 24.3 Å². The molecular formula is C14H21NO3. The average Bonchev–Trinajstić information content (AvgIpc) is 2.38. The second kappa shape index (κ2) is 7.84. The number of aliphatic hydroxyl groups excluding tert-OH is 1. The number of ether oxygens (including phenoxy) is 1. The quantitative estimate of drug-likeness (QED) is 0.719. The Labute approximate surface area is 108 Å². The number of carbonyl (C=O) groups is 1. The van der Waals surface area contributed by atoms with Crippen molar-refractivity contribution in [1.82, 2.24) is 5.32 Å². The third kappa shape index (κ3) is 5.80. The topological polar surface area (TPSA) is 58.6 Å². The van der Waals surface area contributed by atoms with Gasteiger partial charge in [-0.25, -0.2) is 0 Å². The Balaban J connectivity index is 2.17. The van der Waals surface area contributed by atoms with Crippen molar-refractivity contribution in [3.05, 3.63) is 35.4 Å². The lowest BCUT2D eigenvalue weighted by atomic mass is 10.1. The van der Waals surface area contributed by atoms with E-state index in [4.69, 9.17) is 0 Å². The van der Waals surface area contributed by atoms with Gasteiger partial charge in [0.15, 0.2) is 0 Å². The number of aryl methyl sites for hydroxylation is 1. The van der Waals surface area contributed by atoms with Crippen molar-refractivity contribution >= 4 is 5.97 Å². The minimum absolute atomic E-state index is 0.254. The molecule has 0 aliphatic heterocycles. The maximum absolute atomic E-state index is 10.9. The maximum atomic E-state index is 10.9. The van der Waals surface area contributed by atoms with Crippen LogP contribution in [0.1, 0.15) is 24.0 Å². The maximum Gasteiger partial charge on any atom is 0.305 e. The third-order valence-corrected chi connectivity index (χ3v) is 2.74. The molecule has 4 nitrogen and oxygen atoms in total. The molecule has 18 heavy (non-hydrogen) atoms. The zero-order chi connectivity index (χ0) is 13.4. The molecule has 0 radical (unpaired) electrons. The van der Waals surface area contributed by atoms with E-state index in [-0.39, 0.29) is 12.4 Å². The second-order valence-electron chi connectivity index (χ2n) is 4.39. The molecule has 1 aromatic rings. The SMILES string of the molecule is COC(=O)CCC(O)CNCc1ccc(C)cc1. The van der Waals surface area contributed by atoms with Crippen LogP contribution in [-0.4, -0.2) is 30.8 Å². The monoisotopic (exact) mass is 251 g/mol. The molecule has 0 heterocycles. The number of hydrogen-bond donors (Lipinski definition) is 2. The normalized spacial score (nSPS) is 12.2. The van der Waals surface area contributed by atoms with E-state index < -0.39 is 6.10 Å². The minimum Gasteiger partial charge on any atom is -0.469 e. The highest BCUT2D eigenvalue weighted by molar-refractivity contribution is 5.69. The first kappa shape index (κ1) is 14.7. The number of rotatable bonds is 7. The fourth-order valence-corrected chi connectivity index (χ4v) is 1.58. The van der Waals surface area contributed by atoms with Crippen molar-refractivity contribution in [2.45, 2.75) is 32.4 Å². The largest absolute Gasteiger partial charge is 0.469 e. The predicted octanol–water partition coefficient (Wildman–Crippen LogP) is 1.40. The summed E-state index contributed by atoms with van der Waals surface area (Å²) < 4.78 is 4.52. The van der Waals surface area contributed by atoms with E-state index in [1.165, 1.54) is 18.2 Å². The summed E-state index contributed by atoms with van der Waals surface area (Å²) in [6, 6.07) is 8.24. The molecule has 0 aliphatic rings. The van der Waals surface area contributed by atoms with Gasteiger partial charge >= 0.3 is 5.97 Å². The van der Waals surface area contributed by atoms with Gasteiger partial charge in [0.05, 0.1) is 13.2 Å². The molecule has 0 saturated heterocycles. The number of hydrogen-bond acceptors (Lipinski definition) is 4. The first-order valence-corrected chi connectivity index (χ1v) is 6.13. The fourth-order valence-electron chi connectivity index (χ4n) is 1.58. The smallest absolute Gasteiger partial charge is 0.305 e. The summed E-state index contributed by atoms with van der Waals surface area (Å²) in [4.78, 5) is 10.9. The van der Waals surface area contributed by atoms with Crippen molar-refractivity contribution in [3.8, 4) is 0 Å². The molecule has 2 N–H and O–H groups in total. The van der Waals surface area contributed by atoms with E-state index in [1.54, 1.807) is 0 Å². The molecule has 0 fully saturated rings. The second-order valence-corrected chi connectivity index (χ2v) is 4.39. The van der Waals surface area contributed by atoms with Gasteiger partial charge in [-0.3, -0.25) is 4.79 Å². The van der Waals surface area contributed by atoms with E-state index in [9.17, 15) is 9.90 Å². The third-order valence-electron chi connectivity index (χ3n) is 2.74. The molecule has 0 bridgehead atoms. The molecular weight excluding hydrogens is 230 g/mol. The summed E-state index contributed by atoms with van der Waals surface area (Å²) in [5.74, 6) is -0.285. The molecule has 1 aromatic carbocycles. The van der Waals surface area contributed by atoms with Crippen LogP contribution in [0.25, 0.3) is 0 Å². The lowest BCUT2D eigenvalue weighted by molar-refractivity contribution is -0.141. The van der Waals surface area contributed by atoms with Crippen LogP contribution in [-0.2, 0) is 16.1 Å². The van der Waals surface area contributed by atoms with Crippen molar-refractivity contribution < 1.29 is 14.6 Å². The number of esters is 1. The van der Waals surface area contributed by atoms with Crippen LogP contribution in [0.5, 0.6) is 0 Å². The Bertz CT molecular complexity index is 362. The molecule has 4 heteroatoms. The highest BCUT2D eigenvalue weighted by atomic mass is 16.5. The van der Waals surface area contributed by atoms with E-state index in [0.717, 1.165) is 6.54 Å². The Kier molecular flexibility index (Phi) is 6.39. The van der Waals surface area contributed by atoms with Gasteiger partial charge in [-0.05, 0) is 18.9 Å². The number of benzene rings is 1. The van der Waals surface area contributed by atoms with Crippen molar-refractivity contribution in [3.63, 3.8) is 0 Å². The Morgan fingerprint density at radius 1 is 1.39 bits per heavy atom. The summed E-state index contributed by atoms with van der Waals surface area (Å²) in [6.45, 7) is 3.24. The van der Waals surface area contributed by atoms with Crippen LogP contribution in [0.3, 0.4) is 0 Å².